The maximum Gasteiger partial charge on any atom is 0.249 e. The Hall–Kier alpha value is -1.35. The predicted molar refractivity (Wildman–Crippen MR) is 66.6 cm³/mol. The standard InChI is InChI=1S/C14H19NO2/c1-8-4-5-11-7-9(2)13(12(11)6-8)15-14(17)10(3)16/h4-6,9-10,13,16H,7H2,1-3H3,(H,15,17)/t9-,10-,13+/m0/s1. The van der Waals surface area contributed by atoms with Crippen LogP contribution in [-0.2, 0) is 11.2 Å². The highest BCUT2D eigenvalue weighted by Gasteiger charge is 2.31. The molecule has 1 aliphatic carbocycles. The van der Waals surface area contributed by atoms with E-state index >= 15 is 0 Å². The van der Waals surface area contributed by atoms with Gasteiger partial charge < -0.3 is 10.4 Å². The molecule has 0 bridgehead atoms. The molecular formula is C14H19NO2. The molecule has 0 saturated heterocycles. The molecule has 0 aromatic heterocycles. The van der Waals surface area contributed by atoms with Crippen molar-refractivity contribution < 1.29 is 9.90 Å². The van der Waals surface area contributed by atoms with Gasteiger partial charge in [-0.2, -0.15) is 0 Å². The number of amides is 1. The van der Waals surface area contributed by atoms with E-state index < -0.39 is 6.10 Å². The van der Waals surface area contributed by atoms with Crippen molar-refractivity contribution >= 4 is 5.91 Å². The molecule has 0 aliphatic heterocycles. The number of aryl methyl sites for hydroxylation is 1. The van der Waals surface area contributed by atoms with Crippen LogP contribution < -0.4 is 5.32 Å². The molecule has 3 atom stereocenters. The Bertz CT molecular complexity index is 440. The van der Waals surface area contributed by atoms with Crippen molar-refractivity contribution in [3.05, 3.63) is 34.9 Å². The van der Waals surface area contributed by atoms with Crippen molar-refractivity contribution in [1.82, 2.24) is 5.32 Å². The summed E-state index contributed by atoms with van der Waals surface area (Å²) in [6, 6.07) is 6.40. The van der Waals surface area contributed by atoms with Gasteiger partial charge in [-0.05, 0) is 37.3 Å². The Morgan fingerprint density at radius 1 is 1.53 bits per heavy atom. The topological polar surface area (TPSA) is 49.3 Å². The van der Waals surface area contributed by atoms with E-state index in [1.165, 1.54) is 23.6 Å². The first-order valence-electron chi connectivity index (χ1n) is 6.07. The number of hydrogen-bond donors (Lipinski definition) is 2. The molecule has 1 aromatic rings. The van der Waals surface area contributed by atoms with Crippen molar-refractivity contribution in [3.8, 4) is 0 Å². The second kappa shape index (κ2) is 4.49. The normalized spacial score (nSPS) is 24.2. The summed E-state index contributed by atoms with van der Waals surface area (Å²) in [5.41, 5.74) is 3.71. The molecule has 0 heterocycles. The molecule has 1 aromatic carbocycles. The molecular weight excluding hydrogens is 214 g/mol. The van der Waals surface area contributed by atoms with Gasteiger partial charge in [0.25, 0.3) is 0 Å². The Labute approximate surface area is 102 Å². The summed E-state index contributed by atoms with van der Waals surface area (Å²) in [6.07, 6.45) is 0.0384. The van der Waals surface area contributed by atoms with E-state index in [0.717, 1.165) is 6.42 Å². The van der Waals surface area contributed by atoms with Crippen molar-refractivity contribution in [1.29, 1.82) is 0 Å². The highest BCUT2D eigenvalue weighted by molar-refractivity contribution is 5.80. The lowest BCUT2D eigenvalue weighted by Gasteiger charge is -2.20. The molecule has 0 unspecified atom stereocenters. The minimum absolute atomic E-state index is 0.0343. The Morgan fingerprint density at radius 3 is 2.88 bits per heavy atom. The van der Waals surface area contributed by atoms with Crippen LogP contribution in [0.15, 0.2) is 18.2 Å². The van der Waals surface area contributed by atoms with Crippen LogP contribution in [0, 0.1) is 12.8 Å². The van der Waals surface area contributed by atoms with Crippen LogP contribution >= 0.6 is 0 Å². The zero-order valence-corrected chi connectivity index (χ0v) is 10.5. The number of aliphatic hydroxyl groups is 1. The lowest BCUT2D eigenvalue weighted by atomic mass is 10.0. The summed E-state index contributed by atoms with van der Waals surface area (Å²) in [6.45, 7) is 5.67. The highest BCUT2D eigenvalue weighted by Crippen LogP contribution is 2.36. The summed E-state index contributed by atoms with van der Waals surface area (Å²) in [5, 5.41) is 12.2. The van der Waals surface area contributed by atoms with Crippen LogP contribution in [0.1, 0.15) is 36.6 Å². The second-order valence-electron chi connectivity index (χ2n) is 5.05. The number of rotatable bonds is 2. The van der Waals surface area contributed by atoms with Crippen LogP contribution in [0.2, 0.25) is 0 Å². The minimum atomic E-state index is -0.948. The van der Waals surface area contributed by atoms with Gasteiger partial charge in [0.2, 0.25) is 5.91 Å². The van der Waals surface area contributed by atoms with Gasteiger partial charge in [0, 0.05) is 0 Å². The molecule has 0 saturated carbocycles. The first-order chi connectivity index (χ1) is 7.99. The fourth-order valence-corrected chi connectivity index (χ4v) is 2.45. The molecule has 3 heteroatoms. The number of nitrogens with one attached hydrogen (secondary N) is 1. The molecule has 2 rings (SSSR count). The third-order valence-corrected chi connectivity index (χ3v) is 3.42. The summed E-state index contributed by atoms with van der Waals surface area (Å²) >= 11 is 0. The largest absolute Gasteiger partial charge is 0.384 e. The third-order valence-electron chi connectivity index (χ3n) is 3.42. The molecule has 3 nitrogen and oxygen atoms in total. The van der Waals surface area contributed by atoms with Gasteiger partial charge >= 0.3 is 0 Å². The van der Waals surface area contributed by atoms with E-state index in [4.69, 9.17) is 0 Å². The number of carbonyl (C=O) groups is 1. The number of benzene rings is 1. The minimum Gasteiger partial charge on any atom is -0.384 e. The Kier molecular flexibility index (Phi) is 3.20. The Balaban J connectivity index is 2.25. The monoisotopic (exact) mass is 233 g/mol. The van der Waals surface area contributed by atoms with Gasteiger partial charge in [-0.15, -0.1) is 0 Å². The zero-order valence-electron chi connectivity index (χ0n) is 10.5. The zero-order chi connectivity index (χ0) is 12.6. The number of carbonyl (C=O) groups excluding carboxylic acids is 1. The van der Waals surface area contributed by atoms with E-state index in [2.05, 4.69) is 37.4 Å². The molecule has 1 amide bonds. The third kappa shape index (κ3) is 2.34. The van der Waals surface area contributed by atoms with E-state index in [-0.39, 0.29) is 11.9 Å². The summed E-state index contributed by atoms with van der Waals surface area (Å²) < 4.78 is 0. The molecule has 92 valence electrons. The summed E-state index contributed by atoms with van der Waals surface area (Å²) in [5.74, 6) is 0.0886. The van der Waals surface area contributed by atoms with E-state index in [9.17, 15) is 9.90 Å². The van der Waals surface area contributed by atoms with Gasteiger partial charge in [0.15, 0.2) is 0 Å². The second-order valence-corrected chi connectivity index (χ2v) is 5.05. The van der Waals surface area contributed by atoms with Gasteiger partial charge in [-0.1, -0.05) is 30.7 Å². The van der Waals surface area contributed by atoms with Crippen LogP contribution in [0.4, 0.5) is 0 Å². The van der Waals surface area contributed by atoms with Crippen molar-refractivity contribution in [2.45, 2.75) is 39.3 Å². The highest BCUT2D eigenvalue weighted by atomic mass is 16.3. The smallest absolute Gasteiger partial charge is 0.249 e. The molecule has 0 radical (unpaired) electrons. The fraction of sp³-hybridized carbons (Fsp3) is 0.500. The molecule has 0 fully saturated rings. The fourth-order valence-electron chi connectivity index (χ4n) is 2.45. The SMILES string of the molecule is Cc1ccc2c(c1)[C@H](NC(=O)[C@H](C)O)[C@@H](C)C2. The average molecular weight is 233 g/mol. The van der Waals surface area contributed by atoms with Crippen LogP contribution in [0.25, 0.3) is 0 Å². The Morgan fingerprint density at radius 2 is 2.24 bits per heavy atom. The van der Waals surface area contributed by atoms with Crippen molar-refractivity contribution in [2.75, 3.05) is 0 Å². The predicted octanol–water partition coefficient (Wildman–Crippen LogP) is 1.73. The molecule has 17 heavy (non-hydrogen) atoms. The first kappa shape index (κ1) is 12.1. The van der Waals surface area contributed by atoms with Crippen LogP contribution in [0.5, 0.6) is 0 Å². The van der Waals surface area contributed by atoms with Gasteiger partial charge in [-0.3, -0.25) is 4.79 Å². The summed E-state index contributed by atoms with van der Waals surface area (Å²) in [4.78, 5) is 11.6. The van der Waals surface area contributed by atoms with Gasteiger partial charge in [0.1, 0.15) is 6.10 Å². The van der Waals surface area contributed by atoms with Crippen LogP contribution in [0.3, 0.4) is 0 Å². The van der Waals surface area contributed by atoms with Crippen molar-refractivity contribution in [2.24, 2.45) is 5.92 Å². The van der Waals surface area contributed by atoms with E-state index in [0.29, 0.717) is 5.92 Å². The number of hydrogen-bond acceptors (Lipinski definition) is 2. The van der Waals surface area contributed by atoms with Gasteiger partial charge in [0.05, 0.1) is 6.04 Å². The maximum absolute atomic E-state index is 11.6. The quantitative estimate of drug-likeness (QED) is 0.817. The van der Waals surface area contributed by atoms with E-state index in [1.807, 2.05) is 0 Å². The first-order valence-corrected chi connectivity index (χ1v) is 6.07. The van der Waals surface area contributed by atoms with E-state index in [1.54, 1.807) is 0 Å². The molecule has 1 aliphatic rings. The van der Waals surface area contributed by atoms with Crippen LogP contribution in [-0.4, -0.2) is 17.1 Å². The average Bonchev–Trinajstić information content (AvgIpc) is 2.55. The molecule has 2 N–H and O–H groups in total. The van der Waals surface area contributed by atoms with Gasteiger partial charge in [-0.25, -0.2) is 0 Å². The number of fused-ring (bicyclic) bond motifs is 1. The lowest BCUT2D eigenvalue weighted by Crippen LogP contribution is -2.36. The lowest BCUT2D eigenvalue weighted by molar-refractivity contribution is -0.129. The maximum atomic E-state index is 11.6. The number of aliphatic hydroxyl groups excluding tert-OH is 1. The molecule has 0 spiro atoms. The summed E-state index contributed by atoms with van der Waals surface area (Å²) in [7, 11) is 0. The van der Waals surface area contributed by atoms with Crippen molar-refractivity contribution in [3.63, 3.8) is 0 Å².